The third kappa shape index (κ3) is 4.95. The first-order valence-electron chi connectivity index (χ1n) is 6.93. The number of para-hydroxylation sites is 2. The van der Waals surface area contributed by atoms with Crippen LogP contribution in [0.5, 0.6) is 0 Å². The van der Waals surface area contributed by atoms with Crippen LogP contribution in [0.1, 0.15) is 23.6 Å². The van der Waals surface area contributed by atoms with Crippen molar-refractivity contribution >= 4 is 23.5 Å². The van der Waals surface area contributed by atoms with Crippen LogP contribution in [0.4, 0.5) is 11.4 Å². The van der Waals surface area contributed by atoms with Crippen LogP contribution in [0.15, 0.2) is 52.4 Å². The fourth-order valence-electron chi connectivity index (χ4n) is 2.00. The Morgan fingerprint density at radius 2 is 1.45 bits per heavy atom. The van der Waals surface area contributed by atoms with Crippen molar-refractivity contribution in [1.82, 2.24) is 0 Å². The molecule has 2 rings (SSSR count). The second-order valence-corrected chi connectivity index (χ2v) is 4.63. The van der Waals surface area contributed by atoms with Gasteiger partial charge in [0, 0.05) is 0 Å². The van der Waals surface area contributed by atoms with Crippen molar-refractivity contribution in [2.75, 3.05) is 0 Å². The normalized spacial score (nSPS) is 8.86. The van der Waals surface area contributed by atoms with Crippen molar-refractivity contribution in [2.24, 2.45) is 9.98 Å². The van der Waals surface area contributed by atoms with Crippen molar-refractivity contribution in [1.29, 1.82) is 0 Å². The maximum Gasteiger partial charge on any atom is 0.240 e. The predicted octanol–water partition coefficient (Wildman–Crippen LogP) is 4.49. The van der Waals surface area contributed by atoms with E-state index in [4.69, 9.17) is 0 Å². The Kier molecular flexibility index (Phi) is 7.21. The summed E-state index contributed by atoms with van der Waals surface area (Å²) in [6.07, 6.45) is 3.96. The van der Waals surface area contributed by atoms with Crippen molar-refractivity contribution in [2.45, 2.75) is 27.2 Å². The second-order valence-electron chi connectivity index (χ2n) is 4.63. The first-order valence-corrected chi connectivity index (χ1v) is 6.93. The monoisotopic (exact) mass is 294 g/mol. The zero-order valence-corrected chi connectivity index (χ0v) is 13.0. The fraction of sp³-hybridized carbons (Fsp3) is 0.222. The van der Waals surface area contributed by atoms with Gasteiger partial charge in [0.1, 0.15) is 0 Å². The molecule has 0 saturated carbocycles. The number of nitrogens with zero attached hydrogens (tertiary/aromatic N) is 2. The lowest BCUT2D eigenvalue weighted by molar-refractivity contribution is 0.564. The molecule has 4 heteroatoms. The van der Waals surface area contributed by atoms with Crippen molar-refractivity contribution < 1.29 is 9.59 Å². The van der Waals surface area contributed by atoms with E-state index in [9.17, 15) is 9.59 Å². The molecule has 0 atom stereocenters. The summed E-state index contributed by atoms with van der Waals surface area (Å²) in [5, 5.41) is 0. The van der Waals surface area contributed by atoms with Gasteiger partial charge >= 0.3 is 0 Å². The van der Waals surface area contributed by atoms with E-state index in [1.165, 1.54) is 6.08 Å². The van der Waals surface area contributed by atoms with Crippen LogP contribution in [0.3, 0.4) is 0 Å². The Labute approximate surface area is 130 Å². The minimum atomic E-state index is 0.727. The van der Waals surface area contributed by atoms with E-state index in [0.717, 1.165) is 34.5 Å². The molecule has 0 radical (unpaired) electrons. The highest BCUT2D eigenvalue weighted by molar-refractivity contribution is 5.57. The van der Waals surface area contributed by atoms with Gasteiger partial charge in [0.05, 0.1) is 11.4 Å². The molecule has 0 unspecified atom stereocenters. The average Bonchev–Trinajstić information content (AvgIpc) is 2.53. The average molecular weight is 294 g/mol. The number of hydrogen-bond donors (Lipinski definition) is 0. The van der Waals surface area contributed by atoms with Gasteiger partial charge in [0.2, 0.25) is 12.2 Å². The maximum atomic E-state index is 9.99. The van der Waals surface area contributed by atoms with E-state index in [0.29, 0.717) is 0 Å². The highest BCUT2D eigenvalue weighted by atomic mass is 16.1. The molecule has 22 heavy (non-hydrogen) atoms. The minimum Gasteiger partial charge on any atom is -0.211 e. The molecule has 0 fully saturated rings. The number of isocyanates is 2. The Morgan fingerprint density at radius 1 is 0.864 bits per heavy atom. The molecule has 2 aromatic rings. The van der Waals surface area contributed by atoms with Crippen LogP contribution in [0.25, 0.3) is 0 Å². The zero-order chi connectivity index (χ0) is 16.4. The summed E-state index contributed by atoms with van der Waals surface area (Å²) >= 11 is 0. The second kappa shape index (κ2) is 9.19. The van der Waals surface area contributed by atoms with Crippen molar-refractivity contribution in [3.8, 4) is 0 Å². The van der Waals surface area contributed by atoms with Gasteiger partial charge in [-0.25, -0.2) is 9.59 Å². The van der Waals surface area contributed by atoms with Gasteiger partial charge in [0.25, 0.3) is 0 Å². The quantitative estimate of drug-likeness (QED) is 0.618. The lowest BCUT2D eigenvalue weighted by Gasteiger charge is -1.99. The number of carbonyl (C=O) groups excluding carboxylic acids is 2. The molecule has 0 aliphatic rings. The first-order chi connectivity index (χ1) is 10.6. The molecule has 0 N–H and O–H groups in total. The van der Waals surface area contributed by atoms with Gasteiger partial charge in [-0.15, -0.1) is 0 Å². The molecule has 0 bridgehead atoms. The zero-order valence-electron chi connectivity index (χ0n) is 13.0. The predicted molar refractivity (Wildman–Crippen MR) is 87.3 cm³/mol. The topological polar surface area (TPSA) is 58.9 Å². The van der Waals surface area contributed by atoms with Gasteiger partial charge in [-0.1, -0.05) is 43.3 Å². The molecular weight excluding hydrogens is 276 g/mol. The SMILES string of the molecule is CCc1ccccc1N=C=O.Cc1cccc(C)c1N=C=O. The van der Waals surface area contributed by atoms with Crippen LogP contribution in [-0.4, -0.2) is 12.2 Å². The summed E-state index contributed by atoms with van der Waals surface area (Å²) in [7, 11) is 0. The molecule has 0 aliphatic heterocycles. The van der Waals surface area contributed by atoms with E-state index < -0.39 is 0 Å². The maximum absolute atomic E-state index is 9.99. The van der Waals surface area contributed by atoms with E-state index in [1.807, 2.05) is 63.2 Å². The number of aryl methyl sites for hydroxylation is 3. The highest BCUT2D eigenvalue weighted by Gasteiger charge is 1.97. The van der Waals surface area contributed by atoms with Crippen LogP contribution >= 0.6 is 0 Å². The van der Waals surface area contributed by atoms with Crippen LogP contribution in [0, 0.1) is 13.8 Å². The summed E-state index contributed by atoms with van der Waals surface area (Å²) in [6.45, 7) is 5.87. The highest BCUT2D eigenvalue weighted by Crippen LogP contribution is 2.21. The Balaban J connectivity index is 0.000000220. The molecular formula is C18H18N2O2. The lowest BCUT2D eigenvalue weighted by Crippen LogP contribution is -1.78. The number of aliphatic imine (C=N–C) groups is 2. The standard InChI is InChI=1S/2C9H9NO/c1-7-4-3-5-8(2)9(7)10-6-11;1-2-8-5-3-4-6-9(8)10-7-11/h3-5H,1-2H3;3-6H,2H2,1H3. The van der Waals surface area contributed by atoms with E-state index in [-0.39, 0.29) is 0 Å². The molecule has 4 nitrogen and oxygen atoms in total. The van der Waals surface area contributed by atoms with E-state index in [2.05, 4.69) is 9.98 Å². The molecule has 0 aromatic heterocycles. The largest absolute Gasteiger partial charge is 0.240 e. The summed E-state index contributed by atoms with van der Waals surface area (Å²) in [4.78, 5) is 27.1. The molecule has 0 aliphatic carbocycles. The number of rotatable bonds is 3. The number of hydrogen-bond acceptors (Lipinski definition) is 4. The molecule has 0 spiro atoms. The van der Waals surface area contributed by atoms with Gasteiger partial charge in [-0.05, 0) is 43.0 Å². The third-order valence-electron chi connectivity index (χ3n) is 3.14. The van der Waals surface area contributed by atoms with Crippen molar-refractivity contribution in [3.63, 3.8) is 0 Å². The molecule has 0 heterocycles. The van der Waals surface area contributed by atoms with Crippen LogP contribution in [-0.2, 0) is 16.0 Å². The Morgan fingerprint density at radius 3 is 2.00 bits per heavy atom. The Hall–Kier alpha value is -2.80. The van der Waals surface area contributed by atoms with E-state index >= 15 is 0 Å². The Bertz CT molecular complexity index is 705. The summed E-state index contributed by atoms with van der Waals surface area (Å²) in [5.41, 5.74) is 4.56. The molecule has 112 valence electrons. The van der Waals surface area contributed by atoms with Gasteiger partial charge in [-0.2, -0.15) is 9.98 Å². The summed E-state index contributed by atoms with van der Waals surface area (Å²) < 4.78 is 0. The summed E-state index contributed by atoms with van der Waals surface area (Å²) in [6, 6.07) is 13.3. The first kappa shape index (κ1) is 17.3. The fourth-order valence-corrected chi connectivity index (χ4v) is 2.00. The summed E-state index contributed by atoms with van der Waals surface area (Å²) in [5.74, 6) is 0. The number of benzene rings is 2. The minimum absolute atomic E-state index is 0.727. The van der Waals surface area contributed by atoms with Gasteiger partial charge in [0.15, 0.2) is 0 Å². The van der Waals surface area contributed by atoms with Crippen molar-refractivity contribution in [3.05, 3.63) is 59.2 Å². The smallest absolute Gasteiger partial charge is 0.211 e. The van der Waals surface area contributed by atoms with Gasteiger partial charge in [-0.3, -0.25) is 0 Å². The van der Waals surface area contributed by atoms with E-state index in [1.54, 1.807) is 6.08 Å². The third-order valence-corrected chi connectivity index (χ3v) is 3.14. The molecule has 0 amide bonds. The van der Waals surface area contributed by atoms with Crippen LogP contribution < -0.4 is 0 Å². The lowest BCUT2D eigenvalue weighted by atomic mass is 10.1. The molecule has 0 saturated heterocycles. The van der Waals surface area contributed by atoms with Gasteiger partial charge < -0.3 is 0 Å². The molecule has 2 aromatic carbocycles. The van der Waals surface area contributed by atoms with Crippen LogP contribution in [0.2, 0.25) is 0 Å².